The molecule has 4 rings (SSSR count). The van der Waals surface area contributed by atoms with Gasteiger partial charge in [0.15, 0.2) is 11.5 Å². The molecule has 174 valence electrons. The highest BCUT2D eigenvalue weighted by Crippen LogP contribution is 2.36. The van der Waals surface area contributed by atoms with Gasteiger partial charge in [-0.3, -0.25) is 9.80 Å². The van der Waals surface area contributed by atoms with E-state index in [1.807, 2.05) is 31.2 Å². The van der Waals surface area contributed by atoms with E-state index in [2.05, 4.69) is 21.9 Å². The van der Waals surface area contributed by atoms with E-state index >= 15 is 0 Å². The molecule has 1 saturated heterocycles. The fourth-order valence-corrected chi connectivity index (χ4v) is 4.63. The summed E-state index contributed by atoms with van der Waals surface area (Å²) in [6, 6.07) is 17.3. The van der Waals surface area contributed by atoms with Crippen molar-refractivity contribution in [3.05, 3.63) is 94.6 Å². The van der Waals surface area contributed by atoms with E-state index in [0.717, 1.165) is 66.5 Å². The fourth-order valence-electron chi connectivity index (χ4n) is 4.63. The summed E-state index contributed by atoms with van der Waals surface area (Å²) in [6.07, 6.45) is 0. The third kappa shape index (κ3) is 5.18. The average molecular weight is 453 g/mol. The molecule has 6 heteroatoms. The molecule has 0 atom stereocenters. The van der Waals surface area contributed by atoms with Crippen molar-refractivity contribution in [2.24, 2.45) is 0 Å². The van der Waals surface area contributed by atoms with Gasteiger partial charge in [-0.15, -0.1) is 0 Å². The van der Waals surface area contributed by atoms with Gasteiger partial charge in [-0.05, 0) is 47.9 Å². The Balaban J connectivity index is 1.51. The summed E-state index contributed by atoms with van der Waals surface area (Å²) in [4.78, 5) is 4.78. The molecule has 3 aromatic carbocycles. The van der Waals surface area contributed by atoms with Gasteiger partial charge in [-0.2, -0.15) is 0 Å². The number of methoxy groups -OCH3 is 2. The molecule has 0 radical (unpaired) electrons. The number of ether oxygens (including phenoxy) is 2. The lowest BCUT2D eigenvalue weighted by molar-refractivity contribution is 0.104. The van der Waals surface area contributed by atoms with E-state index in [-0.39, 0.29) is 17.7 Å². The molecule has 0 N–H and O–H groups in total. The zero-order chi connectivity index (χ0) is 23.4. The molecule has 0 saturated carbocycles. The first-order valence-electron chi connectivity index (χ1n) is 11.2. The monoisotopic (exact) mass is 452 g/mol. The van der Waals surface area contributed by atoms with E-state index in [4.69, 9.17) is 9.47 Å². The van der Waals surface area contributed by atoms with Crippen molar-refractivity contribution in [3.8, 4) is 11.5 Å². The van der Waals surface area contributed by atoms with E-state index < -0.39 is 0 Å². The largest absolute Gasteiger partial charge is 0.493 e. The van der Waals surface area contributed by atoms with E-state index in [9.17, 15) is 8.78 Å². The fraction of sp³-hybridized carbons (Fsp3) is 0.333. The third-order valence-electron chi connectivity index (χ3n) is 6.34. The average Bonchev–Trinajstić information content (AvgIpc) is 2.83. The van der Waals surface area contributed by atoms with Crippen molar-refractivity contribution in [1.82, 2.24) is 9.80 Å². The van der Waals surface area contributed by atoms with E-state index in [0.29, 0.717) is 0 Å². The maximum Gasteiger partial charge on any atom is 0.165 e. The van der Waals surface area contributed by atoms with Crippen LogP contribution in [0.4, 0.5) is 8.78 Å². The van der Waals surface area contributed by atoms with Gasteiger partial charge in [0.05, 0.1) is 20.3 Å². The molecular weight excluding hydrogens is 422 g/mol. The van der Waals surface area contributed by atoms with Crippen molar-refractivity contribution in [2.75, 3.05) is 40.4 Å². The summed E-state index contributed by atoms with van der Waals surface area (Å²) >= 11 is 0. The summed E-state index contributed by atoms with van der Waals surface area (Å²) < 4.78 is 38.3. The number of rotatable bonds is 7. The number of piperazine rings is 1. The molecule has 1 aliphatic heterocycles. The lowest BCUT2D eigenvalue weighted by atomic mass is 9.96. The van der Waals surface area contributed by atoms with Crippen LogP contribution in [0.5, 0.6) is 11.5 Å². The van der Waals surface area contributed by atoms with Crippen LogP contribution in [0.1, 0.15) is 28.3 Å². The van der Waals surface area contributed by atoms with Gasteiger partial charge in [0.2, 0.25) is 0 Å². The molecule has 4 nitrogen and oxygen atoms in total. The van der Waals surface area contributed by atoms with Crippen molar-refractivity contribution in [2.45, 2.75) is 19.5 Å². The lowest BCUT2D eigenvalue weighted by Gasteiger charge is -2.40. The smallest absolute Gasteiger partial charge is 0.165 e. The Hall–Kier alpha value is -2.96. The number of halogens is 2. The maximum absolute atomic E-state index is 13.6. The standard InChI is InChI=1S/C27H30F2N2O2/c1-19-4-5-22(27(33-3)26(19)32-2)18-30-14-16-31(17-15-30)25(20-6-10-23(28)11-7-20)21-8-12-24(29)13-9-21/h4-13,25H,14-18H2,1-3H3. The highest BCUT2D eigenvalue weighted by Gasteiger charge is 2.27. The summed E-state index contributed by atoms with van der Waals surface area (Å²) in [5, 5.41) is 0. The summed E-state index contributed by atoms with van der Waals surface area (Å²) in [7, 11) is 3.34. The minimum Gasteiger partial charge on any atom is -0.493 e. The minimum absolute atomic E-state index is 0.0534. The molecule has 0 bridgehead atoms. The highest BCUT2D eigenvalue weighted by atomic mass is 19.1. The van der Waals surface area contributed by atoms with Crippen LogP contribution in [0.15, 0.2) is 60.7 Å². The number of hydrogen-bond acceptors (Lipinski definition) is 4. The van der Waals surface area contributed by atoms with Gasteiger partial charge in [0.1, 0.15) is 11.6 Å². The SMILES string of the molecule is COc1c(C)ccc(CN2CCN(C(c3ccc(F)cc3)c3ccc(F)cc3)CC2)c1OC. The van der Waals surface area contributed by atoms with Crippen molar-refractivity contribution >= 4 is 0 Å². The van der Waals surface area contributed by atoms with Crippen LogP contribution in [0.3, 0.4) is 0 Å². The Kier molecular flexibility index (Phi) is 7.26. The molecule has 0 aromatic heterocycles. The maximum atomic E-state index is 13.6. The Morgan fingerprint density at radius 1 is 0.727 bits per heavy atom. The lowest BCUT2D eigenvalue weighted by Crippen LogP contribution is -2.47. The Bertz CT molecular complexity index is 1020. The zero-order valence-corrected chi connectivity index (χ0v) is 19.4. The van der Waals surface area contributed by atoms with Crippen LogP contribution < -0.4 is 9.47 Å². The molecule has 0 spiro atoms. The molecule has 0 unspecified atom stereocenters. The van der Waals surface area contributed by atoms with Gasteiger partial charge in [0, 0.05) is 38.3 Å². The van der Waals surface area contributed by atoms with Crippen LogP contribution in [0.2, 0.25) is 0 Å². The van der Waals surface area contributed by atoms with Gasteiger partial charge in [-0.25, -0.2) is 8.78 Å². The van der Waals surface area contributed by atoms with Crippen LogP contribution in [-0.4, -0.2) is 50.2 Å². The second-order valence-electron chi connectivity index (χ2n) is 8.43. The van der Waals surface area contributed by atoms with Crippen molar-refractivity contribution in [3.63, 3.8) is 0 Å². The molecule has 1 fully saturated rings. The summed E-state index contributed by atoms with van der Waals surface area (Å²) in [6.45, 7) is 6.20. The third-order valence-corrected chi connectivity index (χ3v) is 6.34. The Labute approximate surface area is 194 Å². The van der Waals surface area contributed by atoms with Gasteiger partial charge in [0.25, 0.3) is 0 Å². The molecule has 1 heterocycles. The first kappa shape index (κ1) is 23.2. The number of benzene rings is 3. The molecule has 1 aliphatic rings. The van der Waals surface area contributed by atoms with Gasteiger partial charge in [-0.1, -0.05) is 36.4 Å². The summed E-state index contributed by atoms with van der Waals surface area (Å²) in [5.74, 6) is 1.05. The van der Waals surface area contributed by atoms with Crippen LogP contribution in [-0.2, 0) is 6.54 Å². The van der Waals surface area contributed by atoms with Crippen molar-refractivity contribution < 1.29 is 18.3 Å². The number of hydrogen-bond donors (Lipinski definition) is 0. The first-order chi connectivity index (χ1) is 16.0. The quantitative estimate of drug-likeness (QED) is 0.492. The van der Waals surface area contributed by atoms with Crippen LogP contribution in [0, 0.1) is 18.6 Å². The second kappa shape index (κ2) is 10.3. The zero-order valence-electron chi connectivity index (χ0n) is 19.4. The van der Waals surface area contributed by atoms with E-state index in [1.54, 1.807) is 14.2 Å². The predicted molar refractivity (Wildman–Crippen MR) is 126 cm³/mol. The van der Waals surface area contributed by atoms with Crippen LogP contribution >= 0.6 is 0 Å². The first-order valence-corrected chi connectivity index (χ1v) is 11.2. The topological polar surface area (TPSA) is 24.9 Å². The highest BCUT2D eigenvalue weighted by molar-refractivity contribution is 5.51. The summed E-state index contributed by atoms with van der Waals surface area (Å²) in [5.41, 5.74) is 4.15. The molecule has 0 amide bonds. The molecule has 0 aliphatic carbocycles. The van der Waals surface area contributed by atoms with Gasteiger partial charge >= 0.3 is 0 Å². The number of nitrogens with zero attached hydrogens (tertiary/aromatic N) is 2. The van der Waals surface area contributed by atoms with E-state index in [1.165, 1.54) is 24.3 Å². The van der Waals surface area contributed by atoms with Crippen LogP contribution in [0.25, 0.3) is 0 Å². The predicted octanol–water partition coefficient (Wildman–Crippen LogP) is 5.20. The Morgan fingerprint density at radius 2 is 1.24 bits per heavy atom. The second-order valence-corrected chi connectivity index (χ2v) is 8.43. The normalized spacial score (nSPS) is 15.1. The van der Waals surface area contributed by atoms with Gasteiger partial charge < -0.3 is 9.47 Å². The minimum atomic E-state index is -0.260. The number of aryl methyl sites for hydroxylation is 1. The van der Waals surface area contributed by atoms with Crippen molar-refractivity contribution in [1.29, 1.82) is 0 Å². The molecular formula is C27H30F2N2O2. The Morgan fingerprint density at radius 3 is 1.73 bits per heavy atom. The molecule has 3 aromatic rings. The molecule has 33 heavy (non-hydrogen) atoms.